The molecule has 25 heavy (non-hydrogen) atoms. The summed E-state index contributed by atoms with van der Waals surface area (Å²) in [5.41, 5.74) is 0.238. The lowest BCUT2D eigenvalue weighted by atomic mass is 10.3. The van der Waals surface area contributed by atoms with E-state index >= 15 is 0 Å². The number of fused-ring (bicyclic) bond motifs is 1. The molecule has 0 spiro atoms. The van der Waals surface area contributed by atoms with Crippen LogP contribution < -0.4 is 5.56 Å². The number of likely N-dealkylation sites (tertiary alicyclic amines) is 1. The van der Waals surface area contributed by atoms with Crippen molar-refractivity contribution in [2.24, 2.45) is 0 Å². The van der Waals surface area contributed by atoms with Crippen molar-refractivity contribution in [3.05, 3.63) is 46.8 Å². The van der Waals surface area contributed by atoms with Gasteiger partial charge < -0.3 is 4.90 Å². The van der Waals surface area contributed by atoms with Gasteiger partial charge in [0.25, 0.3) is 5.56 Å². The highest BCUT2D eigenvalue weighted by molar-refractivity contribution is 5.77. The van der Waals surface area contributed by atoms with Crippen LogP contribution in [0, 0.1) is 5.82 Å². The monoisotopic (exact) mass is 342 g/mol. The van der Waals surface area contributed by atoms with Gasteiger partial charge in [-0.1, -0.05) is 11.3 Å². The van der Waals surface area contributed by atoms with E-state index in [2.05, 4.69) is 15.3 Å². The largest absolute Gasteiger partial charge is 0.341 e. The van der Waals surface area contributed by atoms with Gasteiger partial charge in [-0.05, 0) is 31.0 Å². The lowest BCUT2D eigenvalue weighted by molar-refractivity contribution is -0.130. The Kier molecular flexibility index (Phi) is 3.75. The van der Waals surface area contributed by atoms with Crippen LogP contribution in [0.1, 0.15) is 12.8 Å². The first-order valence-corrected chi connectivity index (χ1v) is 7.98. The van der Waals surface area contributed by atoms with Crippen LogP contribution in [0.3, 0.4) is 0 Å². The number of hydrogen-bond acceptors (Lipinski definition) is 5. The molecule has 9 heteroatoms. The van der Waals surface area contributed by atoms with Crippen LogP contribution in [0.4, 0.5) is 4.39 Å². The summed E-state index contributed by atoms with van der Waals surface area (Å²) in [7, 11) is 0. The number of carbonyl (C=O) groups is 1. The van der Waals surface area contributed by atoms with Crippen LogP contribution in [0.15, 0.2) is 35.4 Å². The van der Waals surface area contributed by atoms with E-state index in [0.29, 0.717) is 5.69 Å². The molecule has 0 saturated carbocycles. The van der Waals surface area contributed by atoms with Gasteiger partial charge >= 0.3 is 0 Å². The van der Waals surface area contributed by atoms with E-state index < -0.39 is 11.4 Å². The van der Waals surface area contributed by atoms with Gasteiger partial charge in [0.05, 0.1) is 5.69 Å². The molecule has 0 bridgehead atoms. The molecule has 3 heterocycles. The van der Waals surface area contributed by atoms with E-state index in [1.807, 2.05) is 0 Å². The van der Waals surface area contributed by atoms with Crippen molar-refractivity contribution in [2.45, 2.75) is 19.4 Å². The van der Waals surface area contributed by atoms with Crippen molar-refractivity contribution >= 4 is 17.1 Å². The highest BCUT2D eigenvalue weighted by Gasteiger charge is 2.20. The molecule has 1 fully saturated rings. The Morgan fingerprint density at radius 2 is 2.04 bits per heavy atom. The third-order valence-corrected chi connectivity index (χ3v) is 4.25. The Bertz CT molecular complexity index is 1010. The maximum Gasteiger partial charge on any atom is 0.284 e. The molecule has 0 unspecified atom stereocenters. The van der Waals surface area contributed by atoms with Crippen molar-refractivity contribution in [1.29, 1.82) is 0 Å². The van der Waals surface area contributed by atoms with Crippen molar-refractivity contribution in [2.75, 3.05) is 13.1 Å². The fourth-order valence-corrected chi connectivity index (χ4v) is 2.95. The topological polar surface area (TPSA) is 85.9 Å². The highest BCUT2D eigenvalue weighted by atomic mass is 19.1. The molecule has 0 atom stereocenters. The zero-order valence-corrected chi connectivity index (χ0v) is 13.3. The molecule has 1 aromatic carbocycles. The second-order valence-corrected chi connectivity index (χ2v) is 5.92. The van der Waals surface area contributed by atoms with E-state index in [4.69, 9.17) is 0 Å². The lowest BCUT2D eigenvalue weighted by Gasteiger charge is -2.15. The van der Waals surface area contributed by atoms with E-state index in [1.54, 1.807) is 11.0 Å². The molecular formula is C16H15FN6O2. The number of carbonyl (C=O) groups excluding carboxylic acids is 1. The molecular weight excluding hydrogens is 327 g/mol. The van der Waals surface area contributed by atoms with Gasteiger partial charge in [0.1, 0.15) is 18.7 Å². The Morgan fingerprint density at radius 1 is 1.24 bits per heavy atom. The van der Waals surface area contributed by atoms with Gasteiger partial charge in [-0.3, -0.25) is 14.2 Å². The zero-order valence-electron chi connectivity index (χ0n) is 13.3. The predicted octanol–water partition coefficient (Wildman–Crippen LogP) is 0.739. The van der Waals surface area contributed by atoms with E-state index in [1.165, 1.54) is 33.8 Å². The second-order valence-electron chi connectivity index (χ2n) is 5.92. The summed E-state index contributed by atoms with van der Waals surface area (Å²) in [5, 5.41) is 7.75. The summed E-state index contributed by atoms with van der Waals surface area (Å²) in [5.74, 6) is -0.538. The predicted molar refractivity (Wildman–Crippen MR) is 86.7 cm³/mol. The second kappa shape index (κ2) is 6.08. The van der Waals surface area contributed by atoms with Gasteiger partial charge in [-0.15, -0.1) is 5.10 Å². The molecule has 3 aromatic rings. The van der Waals surface area contributed by atoms with Gasteiger partial charge in [0.15, 0.2) is 11.2 Å². The number of nitrogens with zero attached hydrogens (tertiary/aromatic N) is 6. The summed E-state index contributed by atoms with van der Waals surface area (Å²) < 4.78 is 15.9. The SMILES string of the molecule is O=C(Cn1cnc2c(nnn2-c2cccc(F)c2)c1=O)N1CCCC1. The summed E-state index contributed by atoms with van der Waals surface area (Å²) >= 11 is 0. The lowest BCUT2D eigenvalue weighted by Crippen LogP contribution is -2.34. The first-order valence-electron chi connectivity index (χ1n) is 7.98. The van der Waals surface area contributed by atoms with Gasteiger partial charge in [-0.2, -0.15) is 4.68 Å². The van der Waals surface area contributed by atoms with Gasteiger partial charge in [0.2, 0.25) is 5.91 Å². The fraction of sp³-hybridized carbons (Fsp3) is 0.312. The van der Waals surface area contributed by atoms with E-state index in [0.717, 1.165) is 25.9 Å². The average Bonchev–Trinajstić information content (AvgIpc) is 3.27. The fourth-order valence-electron chi connectivity index (χ4n) is 2.95. The molecule has 4 rings (SSSR count). The number of aromatic nitrogens is 5. The first kappa shape index (κ1) is 15.4. The van der Waals surface area contributed by atoms with Crippen LogP contribution in [-0.4, -0.2) is 48.4 Å². The molecule has 1 aliphatic rings. The Morgan fingerprint density at radius 3 is 2.80 bits per heavy atom. The number of benzene rings is 1. The van der Waals surface area contributed by atoms with Crippen LogP contribution >= 0.6 is 0 Å². The molecule has 2 aromatic heterocycles. The Hall–Kier alpha value is -3.10. The number of rotatable bonds is 3. The minimum atomic E-state index is -0.444. The quantitative estimate of drug-likeness (QED) is 0.701. The maximum absolute atomic E-state index is 13.4. The number of hydrogen-bond donors (Lipinski definition) is 0. The summed E-state index contributed by atoms with van der Waals surface area (Å²) in [6.45, 7) is 1.37. The zero-order chi connectivity index (χ0) is 17.4. The van der Waals surface area contributed by atoms with Crippen LogP contribution in [-0.2, 0) is 11.3 Å². The third kappa shape index (κ3) is 2.77. The van der Waals surface area contributed by atoms with Crippen LogP contribution in [0.5, 0.6) is 0 Å². The van der Waals surface area contributed by atoms with E-state index in [-0.39, 0.29) is 23.6 Å². The van der Waals surface area contributed by atoms with Crippen molar-refractivity contribution in [3.63, 3.8) is 0 Å². The summed E-state index contributed by atoms with van der Waals surface area (Å²) in [6.07, 6.45) is 3.28. The Labute approximate surface area is 141 Å². The maximum atomic E-state index is 13.4. The third-order valence-electron chi connectivity index (χ3n) is 4.25. The average molecular weight is 342 g/mol. The van der Waals surface area contributed by atoms with Crippen molar-refractivity contribution in [3.8, 4) is 5.69 Å². The molecule has 8 nitrogen and oxygen atoms in total. The van der Waals surface area contributed by atoms with Crippen LogP contribution in [0.25, 0.3) is 16.9 Å². The molecule has 128 valence electrons. The highest BCUT2D eigenvalue weighted by Crippen LogP contribution is 2.13. The van der Waals surface area contributed by atoms with Crippen LogP contribution in [0.2, 0.25) is 0 Å². The van der Waals surface area contributed by atoms with Gasteiger partial charge in [0, 0.05) is 13.1 Å². The molecule has 1 aliphatic heterocycles. The molecule has 0 aliphatic carbocycles. The summed E-state index contributed by atoms with van der Waals surface area (Å²) in [4.78, 5) is 30.7. The molecule has 0 radical (unpaired) electrons. The number of amides is 1. The summed E-state index contributed by atoms with van der Waals surface area (Å²) in [6, 6.07) is 5.76. The first-order chi connectivity index (χ1) is 12.1. The minimum Gasteiger partial charge on any atom is -0.341 e. The van der Waals surface area contributed by atoms with Crippen molar-refractivity contribution in [1.82, 2.24) is 29.4 Å². The molecule has 1 saturated heterocycles. The molecule has 1 amide bonds. The minimum absolute atomic E-state index is 0.0426. The smallest absolute Gasteiger partial charge is 0.284 e. The Balaban J connectivity index is 1.70. The van der Waals surface area contributed by atoms with E-state index in [9.17, 15) is 14.0 Å². The normalized spacial score (nSPS) is 14.4. The van der Waals surface area contributed by atoms with Crippen molar-refractivity contribution < 1.29 is 9.18 Å². The number of halogens is 1. The molecule has 0 N–H and O–H groups in total. The van der Waals surface area contributed by atoms with Gasteiger partial charge in [-0.25, -0.2) is 9.37 Å². The standard InChI is InChI=1S/C16H15FN6O2/c17-11-4-3-5-12(8-11)23-15-14(19-20-23)16(25)22(10-18-15)9-13(24)21-6-1-2-7-21/h3-5,8,10H,1-2,6-7,9H2.